The standard InChI is InChI=1S/C32H50O2/c1-3-5-7-9-11-13-19-33-31-27-23-15-17-25(21-23)29(27)32(34-20-14-12-10-8-6-4-2)30-26-18-16-24(22-26)28(30)31/h23-26H,3-22H2,1-2H3. The molecular formula is C32H50O2. The summed E-state index contributed by atoms with van der Waals surface area (Å²) in [6, 6.07) is 0. The average Bonchev–Trinajstić information content (AvgIpc) is 3.65. The van der Waals surface area contributed by atoms with Crippen molar-refractivity contribution in [3.8, 4) is 11.5 Å². The highest BCUT2D eigenvalue weighted by molar-refractivity contribution is 5.68. The van der Waals surface area contributed by atoms with E-state index in [1.165, 1.54) is 127 Å². The van der Waals surface area contributed by atoms with Crippen LogP contribution in [0.5, 0.6) is 11.5 Å². The zero-order valence-electron chi connectivity index (χ0n) is 22.3. The lowest BCUT2D eigenvalue weighted by Crippen LogP contribution is -2.14. The molecule has 2 nitrogen and oxygen atoms in total. The van der Waals surface area contributed by atoms with E-state index in [0.717, 1.165) is 36.9 Å². The minimum Gasteiger partial charge on any atom is -0.493 e. The zero-order valence-corrected chi connectivity index (χ0v) is 22.3. The molecule has 4 bridgehead atoms. The van der Waals surface area contributed by atoms with E-state index in [9.17, 15) is 0 Å². The van der Waals surface area contributed by atoms with Crippen LogP contribution in [-0.4, -0.2) is 13.2 Å². The van der Waals surface area contributed by atoms with Crippen molar-refractivity contribution in [1.82, 2.24) is 0 Å². The molecule has 0 N–H and O–H groups in total. The highest BCUT2D eigenvalue weighted by Gasteiger charge is 2.49. The predicted molar refractivity (Wildman–Crippen MR) is 143 cm³/mol. The molecule has 1 aromatic rings. The van der Waals surface area contributed by atoms with E-state index < -0.39 is 0 Å². The first kappa shape index (κ1) is 24.5. The van der Waals surface area contributed by atoms with Crippen molar-refractivity contribution in [2.45, 2.75) is 153 Å². The Morgan fingerprint density at radius 2 is 0.794 bits per heavy atom. The van der Waals surface area contributed by atoms with E-state index in [-0.39, 0.29) is 0 Å². The second-order valence-corrected chi connectivity index (χ2v) is 12.0. The summed E-state index contributed by atoms with van der Waals surface area (Å²) in [5.41, 5.74) is 6.47. The maximum Gasteiger partial charge on any atom is 0.127 e. The van der Waals surface area contributed by atoms with E-state index in [0.29, 0.717) is 0 Å². The molecule has 2 saturated carbocycles. The Kier molecular flexibility index (Phi) is 8.44. The molecule has 0 radical (unpaired) electrons. The van der Waals surface area contributed by atoms with Gasteiger partial charge in [-0.2, -0.15) is 0 Å². The van der Waals surface area contributed by atoms with Crippen LogP contribution in [0.2, 0.25) is 0 Å². The Labute approximate surface area is 209 Å². The Balaban J connectivity index is 1.32. The predicted octanol–water partition coefficient (Wildman–Crippen LogP) is 9.89. The summed E-state index contributed by atoms with van der Waals surface area (Å²) in [6.45, 7) is 6.43. The number of benzene rings is 1. The Hall–Kier alpha value is -1.18. The molecule has 4 unspecified atom stereocenters. The fourth-order valence-electron chi connectivity index (χ4n) is 7.84. The molecule has 0 heterocycles. The number of hydrogen-bond donors (Lipinski definition) is 0. The molecule has 1 aromatic carbocycles. The first-order valence-electron chi connectivity index (χ1n) is 15.3. The third-order valence-corrected chi connectivity index (χ3v) is 9.55. The summed E-state index contributed by atoms with van der Waals surface area (Å²) >= 11 is 0. The number of hydrogen-bond acceptors (Lipinski definition) is 2. The van der Waals surface area contributed by atoms with Crippen molar-refractivity contribution < 1.29 is 9.47 Å². The summed E-state index contributed by atoms with van der Waals surface area (Å²) in [5, 5.41) is 0. The van der Waals surface area contributed by atoms with Crippen LogP contribution in [0.1, 0.15) is 175 Å². The van der Waals surface area contributed by atoms with Crippen LogP contribution in [0.25, 0.3) is 0 Å². The van der Waals surface area contributed by atoms with Gasteiger partial charge in [0.25, 0.3) is 0 Å². The molecule has 190 valence electrons. The van der Waals surface area contributed by atoms with Gasteiger partial charge in [-0.25, -0.2) is 0 Å². The van der Waals surface area contributed by atoms with Gasteiger partial charge < -0.3 is 9.47 Å². The molecule has 4 aliphatic rings. The van der Waals surface area contributed by atoms with Gasteiger partial charge in [0.2, 0.25) is 0 Å². The van der Waals surface area contributed by atoms with Crippen LogP contribution in [0.4, 0.5) is 0 Å². The first-order chi connectivity index (χ1) is 16.8. The van der Waals surface area contributed by atoms with Crippen LogP contribution in [0.15, 0.2) is 0 Å². The molecule has 0 saturated heterocycles. The van der Waals surface area contributed by atoms with Gasteiger partial charge >= 0.3 is 0 Å². The minimum absolute atomic E-state index is 0.736. The third kappa shape index (κ3) is 4.90. The molecule has 2 fully saturated rings. The summed E-state index contributed by atoms with van der Waals surface area (Å²) < 4.78 is 13.6. The molecule has 0 aromatic heterocycles. The van der Waals surface area contributed by atoms with Gasteiger partial charge in [-0.1, -0.05) is 78.1 Å². The van der Waals surface area contributed by atoms with E-state index in [2.05, 4.69) is 13.8 Å². The minimum atomic E-state index is 0.736. The van der Waals surface area contributed by atoms with E-state index >= 15 is 0 Å². The van der Waals surface area contributed by atoms with Crippen LogP contribution in [-0.2, 0) is 0 Å². The lowest BCUT2D eigenvalue weighted by Gasteiger charge is -2.30. The topological polar surface area (TPSA) is 18.5 Å². The van der Waals surface area contributed by atoms with Crippen molar-refractivity contribution in [2.75, 3.05) is 13.2 Å². The van der Waals surface area contributed by atoms with Gasteiger partial charge in [0.15, 0.2) is 0 Å². The van der Waals surface area contributed by atoms with Gasteiger partial charge in [-0.3, -0.25) is 0 Å². The van der Waals surface area contributed by atoms with Gasteiger partial charge in [0.05, 0.1) is 13.2 Å². The fraction of sp³-hybridized carbons (Fsp3) is 0.812. The maximum atomic E-state index is 6.78. The van der Waals surface area contributed by atoms with Gasteiger partial charge in [-0.05, 0) is 75.0 Å². The molecule has 4 atom stereocenters. The zero-order chi connectivity index (χ0) is 23.3. The molecule has 0 amide bonds. The number of unbranched alkanes of at least 4 members (excludes halogenated alkanes) is 10. The van der Waals surface area contributed by atoms with Crippen LogP contribution in [0.3, 0.4) is 0 Å². The van der Waals surface area contributed by atoms with Gasteiger partial charge in [-0.15, -0.1) is 0 Å². The molecule has 0 aliphatic heterocycles. The molecule has 5 rings (SSSR count). The number of rotatable bonds is 16. The Bertz CT molecular complexity index is 700. The SMILES string of the molecule is CCCCCCCCOc1c2c(c(OCCCCCCCC)c3c1C1CCC3C1)C1CCC2C1. The normalized spacial score (nSPS) is 25.7. The van der Waals surface area contributed by atoms with Crippen molar-refractivity contribution >= 4 is 0 Å². The van der Waals surface area contributed by atoms with Crippen molar-refractivity contribution in [3.63, 3.8) is 0 Å². The maximum absolute atomic E-state index is 6.78. The van der Waals surface area contributed by atoms with E-state index in [4.69, 9.17) is 9.47 Å². The van der Waals surface area contributed by atoms with Crippen LogP contribution >= 0.6 is 0 Å². The fourth-order valence-corrected chi connectivity index (χ4v) is 7.84. The number of fused-ring (bicyclic) bond motifs is 10. The molecule has 4 aliphatic carbocycles. The molecule has 34 heavy (non-hydrogen) atoms. The van der Waals surface area contributed by atoms with Crippen molar-refractivity contribution in [1.29, 1.82) is 0 Å². The quantitative estimate of drug-likeness (QED) is 0.226. The largest absolute Gasteiger partial charge is 0.493 e. The van der Waals surface area contributed by atoms with Crippen LogP contribution < -0.4 is 9.47 Å². The van der Waals surface area contributed by atoms with Gasteiger partial charge in [0, 0.05) is 22.3 Å². The second kappa shape index (κ2) is 11.7. The highest BCUT2D eigenvalue weighted by Crippen LogP contribution is 2.67. The van der Waals surface area contributed by atoms with E-state index in [1.54, 1.807) is 22.3 Å². The third-order valence-electron chi connectivity index (χ3n) is 9.55. The van der Waals surface area contributed by atoms with Gasteiger partial charge in [0.1, 0.15) is 11.5 Å². The van der Waals surface area contributed by atoms with Crippen LogP contribution in [0, 0.1) is 0 Å². The summed E-state index contributed by atoms with van der Waals surface area (Å²) in [6.07, 6.45) is 24.2. The monoisotopic (exact) mass is 466 g/mol. The molecule has 2 heteroatoms. The van der Waals surface area contributed by atoms with E-state index in [1.807, 2.05) is 0 Å². The average molecular weight is 467 g/mol. The smallest absolute Gasteiger partial charge is 0.127 e. The van der Waals surface area contributed by atoms with Crippen molar-refractivity contribution in [3.05, 3.63) is 22.3 Å². The lowest BCUT2D eigenvalue weighted by atomic mass is 9.81. The summed E-state index contributed by atoms with van der Waals surface area (Å²) in [4.78, 5) is 0. The summed E-state index contributed by atoms with van der Waals surface area (Å²) in [5.74, 6) is 5.68. The Morgan fingerprint density at radius 1 is 0.471 bits per heavy atom. The summed E-state index contributed by atoms with van der Waals surface area (Å²) in [7, 11) is 0. The number of ether oxygens (including phenoxy) is 2. The molecule has 0 spiro atoms. The Morgan fingerprint density at radius 3 is 1.15 bits per heavy atom. The first-order valence-corrected chi connectivity index (χ1v) is 15.3. The molecular weight excluding hydrogens is 416 g/mol. The second-order valence-electron chi connectivity index (χ2n) is 12.0. The highest BCUT2D eigenvalue weighted by atomic mass is 16.5. The van der Waals surface area contributed by atoms with Crippen molar-refractivity contribution in [2.24, 2.45) is 0 Å². The lowest BCUT2D eigenvalue weighted by molar-refractivity contribution is 0.283.